The van der Waals surface area contributed by atoms with Gasteiger partial charge in [-0.1, -0.05) is 0 Å². The number of aryl methyl sites for hydroxylation is 3. The largest absolute Gasteiger partial charge is 0.469 e. The van der Waals surface area contributed by atoms with Gasteiger partial charge in [0, 0.05) is 37.8 Å². The Bertz CT molecular complexity index is 676. The minimum atomic E-state index is -0.115. The Morgan fingerprint density at radius 3 is 2.96 bits per heavy atom. The minimum absolute atomic E-state index is 0.000649. The summed E-state index contributed by atoms with van der Waals surface area (Å²) in [6.45, 7) is 4.67. The zero-order valence-corrected chi connectivity index (χ0v) is 13.8. The number of ether oxygens (including phenoxy) is 1. The Morgan fingerprint density at radius 2 is 2.30 bits per heavy atom. The lowest BCUT2D eigenvalue weighted by Crippen LogP contribution is -2.37. The Kier molecular flexibility index (Phi) is 4.52. The first-order valence-electron chi connectivity index (χ1n) is 7.99. The van der Waals surface area contributed by atoms with Crippen molar-refractivity contribution in [1.82, 2.24) is 15.1 Å². The second kappa shape index (κ2) is 6.58. The Balaban J connectivity index is 1.63. The molecular formula is C17H23N3O3. The molecule has 1 saturated heterocycles. The van der Waals surface area contributed by atoms with E-state index < -0.39 is 0 Å². The van der Waals surface area contributed by atoms with Gasteiger partial charge in [0.05, 0.1) is 18.0 Å². The number of carbonyl (C=O) groups excluding carboxylic acids is 1. The van der Waals surface area contributed by atoms with E-state index in [1.807, 2.05) is 37.7 Å². The fourth-order valence-electron chi connectivity index (χ4n) is 3.19. The summed E-state index contributed by atoms with van der Waals surface area (Å²) >= 11 is 0. The van der Waals surface area contributed by atoms with E-state index in [1.165, 1.54) is 0 Å². The molecule has 2 aromatic heterocycles. The van der Waals surface area contributed by atoms with Crippen molar-refractivity contribution in [1.29, 1.82) is 0 Å². The summed E-state index contributed by atoms with van der Waals surface area (Å²) in [6, 6.07) is 3.72. The number of hydrogen-bond donors (Lipinski definition) is 1. The van der Waals surface area contributed by atoms with Crippen LogP contribution >= 0.6 is 0 Å². The van der Waals surface area contributed by atoms with Crippen LogP contribution in [0.15, 0.2) is 22.8 Å². The van der Waals surface area contributed by atoms with Gasteiger partial charge < -0.3 is 14.5 Å². The Hall–Kier alpha value is -2.08. The van der Waals surface area contributed by atoms with E-state index in [9.17, 15) is 4.79 Å². The van der Waals surface area contributed by atoms with Gasteiger partial charge in [-0.05, 0) is 32.4 Å². The topological polar surface area (TPSA) is 69.3 Å². The van der Waals surface area contributed by atoms with Crippen molar-refractivity contribution in [2.24, 2.45) is 7.05 Å². The van der Waals surface area contributed by atoms with Gasteiger partial charge in [0.2, 0.25) is 5.91 Å². The van der Waals surface area contributed by atoms with Crippen LogP contribution < -0.4 is 5.32 Å². The van der Waals surface area contributed by atoms with Crippen LogP contribution in [0, 0.1) is 13.8 Å². The summed E-state index contributed by atoms with van der Waals surface area (Å²) < 4.78 is 13.0. The van der Waals surface area contributed by atoms with E-state index in [-0.39, 0.29) is 18.1 Å². The van der Waals surface area contributed by atoms with Crippen molar-refractivity contribution < 1.29 is 13.9 Å². The lowest BCUT2D eigenvalue weighted by molar-refractivity contribution is -0.122. The van der Waals surface area contributed by atoms with Crippen molar-refractivity contribution in [3.63, 3.8) is 0 Å². The summed E-state index contributed by atoms with van der Waals surface area (Å²) in [4.78, 5) is 12.2. The highest BCUT2D eigenvalue weighted by Crippen LogP contribution is 2.33. The molecule has 0 saturated carbocycles. The van der Waals surface area contributed by atoms with Crippen LogP contribution in [0.25, 0.3) is 0 Å². The number of nitrogens with zero attached hydrogens (tertiary/aromatic N) is 2. The number of carbonyl (C=O) groups is 1. The predicted octanol–water partition coefficient (Wildman–Crippen LogP) is 2.21. The monoisotopic (exact) mass is 317 g/mol. The number of amides is 1. The average molecular weight is 317 g/mol. The quantitative estimate of drug-likeness (QED) is 0.918. The molecule has 0 aliphatic carbocycles. The smallest absolute Gasteiger partial charge is 0.220 e. The highest BCUT2D eigenvalue weighted by molar-refractivity contribution is 5.76. The van der Waals surface area contributed by atoms with Gasteiger partial charge in [0.25, 0.3) is 0 Å². The van der Waals surface area contributed by atoms with Crippen molar-refractivity contribution in [2.75, 3.05) is 6.61 Å². The normalized spacial score (nSPS) is 20.8. The van der Waals surface area contributed by atoms with Crippen LogP contribution in [0.3, 0.4) is 0 Å². The fraction of sp³-hybridized carbons (Fsp3) is 0.529. The van der Waals surface area contributed by atoms with E-state index in [4.69, 9.17) is 9.15 Å². The van der Waals surface area contributed by atoms with E-state index in [2.05, 4.69) is 10.4 Å². The highest BCUT2D eigenvalue weighted by atomic mass is 16.5. The molecule has 6 nitrogen and oxygen atoms in total. The van der Waals surface area contributed by atoms with E-state index in [1.54, 1.807) is 6.26 Å². The molecule has 0 spiro atoms. The maximum Gasteiger partial charge on any atom is 0.220 e. The molecule has 3 rings (SSSR count). The number of furan rings is 1. The van der Waals surface area contributed by atoms with Gasteiger partial charge in [-0.2, -0.15) is 5.10 Å². The van der Waals surface area contributed by atoms with Crippen LogP contribution in [-0.4, -0.2) is 28.3 Å². The summed E-state index contributed by atoms with van der Waals surface area (Å²) in [5.41, 5.74) is 3.15. The lowest BCUT2D eigenvalue weighted by atomic mass is 10.00. The van der Waals surface area contributed by atoms with Crippen LogP contribution in [-0.2, 0) is 23.0 Å². The fourth-order valence-corrected chi connectivity index (χ4v) is 3.19. The molecule has 1 aliphatic heterocycles. The summed E-state index contributed by atoms with van der Waals surface area (Å²) in [5, 5.41) is 7.56. The molecular weight excluding hydrogens is 294 g/mol. The van der Waals surface area contributed by atoms with E-state index in [0.29, 0.717) is 19.4 Å². The average Bonchev–Trinajstić information content (AvgIpc) is 3.21. The molecule has 1 fully saturated rings. The predicted molar refractivity (Wildman–Crippen MR) is 85.0 cm³/mol. The van der Waals surface area contributed by atoms with Crippen LogP contribution in [0.1, 0.15) is 41.7 Å². The number of rotatable bonds is 5. The third kappa shape index (κ3) is 3.32. The molecule has 6 heteroatoms. The number of hydrogen-bond acceptors (Lipinski definition) is 4. The standard InChI is InChI=1S/C17H23N3O3/c1-11-16(12(2)20(3)19-11)17-14(8-10-23-17)18-15(21)7-6-13-5-4-9-22-13/h4-5,9,14,17H,6-8,10H2,1-3H3,(H,18,21)/t14-,17-/m0/s1. The third-order valence-electron chi connectivity index (χ3n) is 4.47. The van der Waals surface area contributed by atoms with Gasteiger partial charge >= 0.3 is 0 Å². The van der Waals surface area contributed by atoms with Gasteiger partial charge in [0.1, 0.15) is 11.9 Å². The first-order chi connectivity index (χ1) is 11.1. The van der Waals surface area contributed by atoms with Crippen molar-refractivity contribution >= 4 is 5.91 Å². The van der Waals surface area contributed by atoms with E-state index >= 15 is 0 Å². The lowest BCUT2D eigenvalue weighted by Gasteiger charge is -2.20. The van der Waals surface area contributed by atoms with Gasteiger partial charge in [0.15, 0.2) is 0 Å². The third-order valence-corrected chi connectivity index (χ3v) is 4.47. The van der Waals surface area contributed by atoms with Crippen molar-refractivity contribution in [3.05, 3.63) is 41.1 Å². The van der Waals surface area contributed by atoms with Gasteiger partial charge in [-0.3, -0.25) is 9.48 Å². The molecule has 0 bridgehead atoms. The SMILES string of the molecule is Cc1nn(C)c(C)c1[C@H]1OCC[C@@H]1NC(=O)CCc1ccco1. The molecule has 3 heterocycles. The van der Waals surface area contributed by atoms with E-state index in [0.717, 1.165) is 29.1 Å². The van der Waals surface area contributed by atoms with Crippen LogP contribution in [0.2, 0.25) is 0 Å². The van der Waals surface area contributed by atoms with Crippen molar-refractivity contribution in [3.8, 4) is 0 Å². The summed E-state index contributed by atoms with van der Waals surface area (Å²) in [7, 11) is 1.93. The maximum absolute atomic E-state index is 12.2. The molecule has 2 atom stereocenters. The van der Waals surface area contributed by atoms with Gasteiger partial charge in [-0.15, -0.1) is 0 Å². The summed E-state index contributed by atoms with van der Waals surface area (Å²) in [5.74, 6) is 0.861. The number of aromatic nitrogens is 2. The first kappa shape index (κ1) is 15.8. The van der Waals surface area contributed by atoms with Gasteiger partial charge in [-0.25, -0.2) is 0 Å². The molecule has 0 radical (unpaired) electrons. The highest BCUT2D eigenvalue weighted by Gasteiger charge is 2.34. The first-order valence-corrected chi connectivity index (χ1v) is 7.99. The van der Waals surface area contributed by atoms with Crippen LogP contribution in [0.5, 0.6) is 0 Å². The molecule has 124 valence electrons. The van der Waals surface area contributed by atoms with Crippen LogP contribution in [0.4, 0.5) is 0 Å². The molecule has 23 heavy (non-hydrogen) atoms. The molecule has 0 unspecified atom stereocenters. The second-order valence-corrected chi connectivity index (χ2v) is 6.04. The Labute approximate surface area is 135 Å². The van der Waals surface area contributed by atoms with Crippen molar-refractivity contribution in [2.45, 2.75) is 45.3 Å². The molecule has 1 amide bonds. The molecule has 1 N–H and O–H groups in total. The maximum atomic E-state index is 12.2. The zero-order chi connectivity index (χ0) is 16.4. The molecule has 0 aromatic carbocycles. The zero-order valence-electron chi connectivity index (χ0n) is 13.8. The second-order valence-electron chi connectivity index (χ2n) is 6.04. The Morgan fingerprint density at radius 1 is 1.48 bits per heavy atom. The molecule has 2 aromatic rings. The molecule has 1 aliphatic rings. The summed E-state index contributed by atoms with van der Waals surface area (Å²) in [6.07, 6.45) is 3.37. The minimum Gasteiger partial charge on any atom is -0.469 e. The number of nitrogens with one attached hydrogen (secondary N) is 1.